The van der Waals surface area contributed by atoms with Crippen LogP contribution in [0.5, 0.6) is 5.75 Å². The zero-order valence-corrected chi connectivity index (χ0v) is 14.8. The zero-order valence-electron chi connectivity index (χ0n) is 12.4. The largest absolute Gasteiger partial charge is 0.484 e. The monoisotopic (exact) mass is 365 g/mol. The summed E-state index contributed by atoms with van der Waals surface area (Å²) < 4.78 is 7.33. The van der Waals surface area contributed by atoms with Gasteiger partial charge >= 0.3 is 0 Å². The molecule has 0 radical (unpaired) electrons. The Bertz CT molecular complexity index is 625. The summed E-state index contributed by atoms with van der Waals surface area (Å²) >= 11 is 5.38. The normalized spacial score (nSPS) is 20.9. The van der Waals surface area contributed by atoms with Gasteiger partial charge in [0.2, 0.25) is 0 Å². The second-order valence-corrected chi connectivity index (χ2v) is 7.71. The molecule has 0 bridgehead atoms. The van der Waals surface area contributed by atoms with E-state index >= 15 is 0 Å². The second-order valence-electron chi connectivity index (χ2n) is 5.48. The molecule has 0 saturated carbocycles. The molecule has 2 heterocycles. The van der Waals surface area contributed by atoms with Gasteiger partial charge in [0.25, 0.3) is 0 Å². The number of ether oxygens (including phenoxy) is 1. The molecule has 1 aliphatic heterocycles. The minimum Gasteiger partial charge on any atom is -0.484 e. The maximum Gasteiger partial charge on any atom is 0.135 e. The minimum atomic E-state index is 0.153. The number of rotatable bonds is 4. The van der Waals surface area contributed by atoms with Gasteiger partial charge in [-0.1, -0.05) is 28.9 Å². The van der Waals surface area contributed by atoms with Crippen LogP contribution in [0.1, 0.15) is 47.2 Å². The Morgan fingerprint density at radius 3 is 2.90 bits per heavy atom. The van der Waals surface area contributed by atoms with Crippen molar-refractivity contribution in [2.75, 3.05) is 6.54 Å². The number of hydrogen-bond acceptors (Lipinski definition) is 3. The summed E-state index contributed by atoms with van der Waals surface area (Å²) in [5.41, 5.74) is 1.27. The van der Waals surface area contributed by atoms with E-state index in [1.165, 1.54) is 15.3 Å². The lowest BCUT2D eigenvalue weighted by Crippen LogP contribution is -2.29. The highest BCUT2D eigenvalue weighted by atomic mass is 79.9. The molecule has 2 unspecified atom stereocenters. The van der Waals surface area contributed by atoms with Gasteiger partial charge in [-0.15, -0.1) is 11.3 Å². The first-order chi connectivity index (χ1) is 10.2. The van der Waals surface area contributed by atoms with E-state index in [-0.39, 0.29) is 6.10 Å². The molecule has 0 amide bonds. The summed E-state index contributed by atoms with van der Waals surface area (Å²) in [5, 5.41) is 3.66. The van der Waals surface area contributed by atoms with Gasteiger partial charge in [-0.05, 0) is 44.2 Å². The molecule has 2 aromatic rings. The van der Waals surface area contributed by atoms with E-state index in [4.69, 9.17) is 4.74 Å². The summed E-state index contributed by atoms with van der Waals surface area (Å²) in [6.45, 7) is 5.39. The topological polar surface area (TPSA) is 21.3 Å². The SMILES string of the molecule is CCCNC1CC(c2ccc(C)s2)Oc2cc(Br)ccc21. The number of hydrogen-bond donors (Lipinski definition) is 1. The molecule has 0 fully saturated rings. The van der Waals surface area contributed by atoms with E-state index in [1.807, 2.05) is 11.3 Å². The van der Waals surface area contributed by atoms with Crippen molar-refractivity contribution in [1.82, 2.24) is 5.32 Å². The van der Waals surface area contributed by atoms with E-state index < -0.39 is 0 Å². The molecule has 3 rings (SSSR count). The Morgan fingerprint density at radius 2 is 2.19 bits per heavy atom. The lowest BCUT2D eigenvalue weighted by molar-refractivity contribution is 0.154. The number of thiophene rings is 1. The van der Waals surface area contributed by atoms with Crippen LogP contribution < -0.4 is 10.1 Å². The Labute approximate surface area is 138 Å². The van der Waals surface area contributed by atoms with Crippen molar-refractivity contribution in [3.8, 4) is 5.75 Å². The zero-order chi connectivity index (χ0) is 14.8. The lowest BCUT2D eigenvalue weighted by Gasteiger charge is -2.32. The molecule has 0 aliphatic carbocycles. The van der Waals surface area contributed by atoms with Crippen molar-refractivity contribution < 1.29 is 4.74 Å². The summed E-state index contributed by atoms with van der Waals surface area (Å²) in [5.74, 6) is 1.00. The van der Waals surface area contributed by atoms with E-state index in [1.54, 1.807) is 0 Å². The quantitative estimate of drug-likeness (QED) is 0.784. The molecular formula is C17H20BrNOS. The first-order valence-electron chi connectivity index (χ1n) is 7.43. The van der Waals surface area contributed by atoms with Crippen LogP contribution in [0.3, 0.4) is 0 Å². The maximum atomic E-state index is 6.26. The minimum absolute atomic E-state index is 0.153. The number of benzene rings is 1. The van der Waals surface area contributed by atoms with E-state index in [0.29, 0.717) is 6.04 Å². The smallest absolute Gasteiger partial charge is 0.135 e. The first-order valence-corrected chi connectivity index (χ1v) is 9.04. The Hall–Kier alpha value is -0.840. The average Bonchev–Trinajstić information content (AvgIpc) is 2.90. The molecule has 2 nitrogen and oxygen atoms in total. The van der Waals surface area contributed by atoms with Crippen molar-refractivity contribution >= 4 is 27.3 Å². The van der Waals surface area contributed by atoms with E-state index in [9.17, 15) is 0 Å². The third-order valence-corrected chi connectivity index (χ3v) is 5.38. The summed E-state index contributed by atoms with van der Waals surface area (Å²) in [6, 6.07) is 11.1. The van der Waals surface area contributed by atoms with Crippen LogP contribution in [0.15, 0.2) is 34.8 Å². The number of nitrogens with one attached hydrogen (secondary N) is 1. The van der Waals surface area contributed by atoms with E-state index in [0.717, 1.165) is 29.6 Å². The van der Waals surface area contributed by atoms with Crippen molar-refractivity contribution in [3.63, 3.8) is 0 Å². The number of fused-ring (bicyclic) bond motifs is 1. The van der Waals surface area contributed by atoms with Gasteiger partial charge in [0, 0.05) is 32.3 Å². The van der Waals surface area contributed by atoms with Crippen LogP contribution in [0.4, 0.5) is 0 Å². The molecular weight excluding hydrogens is 346 g/mol. The highest BCUT2D eigenvalue weighted by Gasteiger charge is 2.29. The third kappa shape index (κ3) is 3.33. The standard InChI is InChI=1S/C17H20BrNOS/c1-3-8-19-14-10-16(17-7-4-11(2)21-17)20-15-9-12(18)5-6-13(14)15/h4-7,9,14,16,19H,3,8,10H2,1-2H3. The summed E-state index contributed by atoms with van der Waals surface area (Å²) in [7, 11) is 0. The van der Waals surface area contributed by atoms with Crippen LogP contribution in [0, 0.1) is 6.92 Å². The Balaban J connectivity index is 1.91. The first kappa shape index (κ1) is 15.1. The Morgan fingerprint density at radius 1 is 1.33 bits per heavy atom. The van der Waals surface area contributed by atoms with Gasteiger partial charge in [0.05, 0.1) is 0 Å². The molecule has 1 N–H and O–H groups in total. The third-order valence-electron chi connectivity index (χ3n) is 3.79. The summed E-state index contributed by atoms with van der Waals surface area (Å²) in [4.78, 5) is 2.66. The summed E-state index contributed by atoms with van der Waals surface area (Å²) in [6.07, 6.45) is 2.29. The molecule has 1 aromatic heterocycles. The fourth-order valence-corrected chi connectivity index (χ4v) is 4.01. The van der Waals surface area contributed by atoms with Crippen LogP contribution in [-0.2, 0) is 0 Å². The maximum absolute atomic E-state index is 6.26. The molecule has 1 aromatic carbocycles. The molecule has 0 saturated heterocycles. The van der Waals surface area contributed by atoms with Gasteiger partial charge < -0.3 is 10.1 Å². The van der Waals surface area contributed by atoms with Gasteiger partial charge in [-0.2, -0.15) is 0 Å². The van der Waals surface area contributed by atoms with E-state index in [2.05, 4.69) is 65.4 Å². The van der Waals surface area contributed by atoms with Crippen molar-refractivity contribution in [1.29, 1.82) is 0 Å². The molecule has 4 heteroatoms. The van der Waals surface area contributed by atoms with Crippen molar-refractivity contribution in [2.45, 2.75) is 38.8 Å². The van der Waals surface area contributed by atoms with Gasteiger partial charge in [0.1, 0.15) is 11.9 Å². The molecule has 0 spiro atoms. The fourth-order valence-electron chi connectivity index (χ4n) is 2.75. The second kappa shape index (κ2) is 6.51. The van der Waals surface area contributed by atoms with Gasteiger partial charge in [-0.3, -0.25) is 0 Å². The van der Waals surface area contributed by atoms with Crippen molar-refractivity contribution in [3.05, 3.63) is 50.1 Å². The number of halogens is 1. The molecule has 2 atom stereocenters. The van der Waals surface area contributed by atoms with Crippen LogP contribution >= 0.6 is 27.3 Å². The van der Waals surface area contributed by atoms with Gasteiger partial charge in [0.15, 0.2) is 0 Å². The Kier molecular flexibility index (Phi) is 4.67. The highest BCUT2D eigenvalue weighted by Crippen LogP contribution is 2.43. The van der Waals surface area contributed by atoms with Crippen LogP contribution in [-0.4, -0.2) is 6.54 Å². The van der Waals surface area contributed by atoms with Crippen LogP contribution in [0.25, 0.3) is 0 Å². The number of aryl methyl sites for hydroxylation is 1. The fraction of sp³-hybridized carbons (Fsp3) is 0.412. The molecule has 112 valence electrons. The predicted molar refractivity (Wildman–Crippen MR) is 92.2 cm³/mol. The molecule has 1 aliphatic rings. The predicted octanol–water partition coefficient (Wildman–Crippen LogP) is 5.38. The average molecular weight is 366 g/mol. The van der Waals surface area contributed by atoms with Crippen molar-refractivity contribution in [2.24, 2.45) is 0 Å². The lowest BCUT2D eigenvalue weighted by atomic mass is 9.95. The molecule has 21 heavy (non-hydrogen) atoms. The highest BCUT2D eigenvalue weighted by molar-refractivity contribution is 9.10. The van der Waals surface area contributed by atoms with Gasteiger partial charge in [-0.25, -0.2) is 0 Å². The van der Waals surface area contributed by atoms with Crippen LogP contribution in [0.2, 0.25) is 0 Å².